The summed E-state index contributed by atoms with van der Waals surface area (Å²) in [6, 6.07) is 19.5. The van der Waals surface area contributed by atoms with Gasteiger partial charge in [0.15, 0.2) is 23.0 Å². The van der Waals surface area contributed by atoms with Crippen molar-refractivity contribution in [3.63, 3.8) is 0 Å². The van der Waals surface area contributed by atoms with Crippen LogP contribution in [0.2, 0.25) is 5.02 Å². The van der Waals surface area contributed by atoms with Crippen molar-refractivity contribution in [3.05, 3.63) is 105 Å². The molecule has 0 saturated heterocycles. The Hall–Kier alpha value is -4.33. The fourth-order valence-corrected chi connectivity index (χ4v) is 6.41. The summed E-state index contributed by atoms with van der Waals surface area (Å²) in [4.78, 5) is 12.8. The van der Waals surface area contributed by atoms with Crippen molar-refractivity contribution >= 4 is 55.4 Å². The minimum absolute atomic E-state index is 0.0771. The molecule has 1 aliphatic rings. The number of rotatable bonds is 11. The van der Waals surface area contributed by atoms with E-state index in [9.17, 15) is 17.6 Å². The minimum atomic E-state index is -4.30. The fraction of sp³-hybridized carbons (Fsp3) is 0.161. The first-order valence-electron chi connectivity index (χ1n) is 13.4. The number of hydrogen-bond donors (Lipinski definition) is 1. The molecule has 1 heterocycles. The summed E-state index contributed by atoms with van der Waals surface area (Å²) in [6.07, 6.45) is 1.37. The van der Waals surface area contributed by atoms with Crippen LogP contribution < -0.4 is 28.7 Å². The number of carbonyl (C=O) groups is 1. The minimum Gasteiger partial charge on any atom is -0.493 e. The number of carbonyl (C=O) groups excluding carboxylic acids is 1. The smallest absolute Gasteiger partial charge is 0.264 e. The number of nitrogens with zero attached hydrogens (tertiary/aromatic N) is 2. The Morgan fingerprint density at radius 1 is 1.04 bits per heavy atom. The van der Waals surface area contributed by atoms with Gasteiger partial charge in [0.25, 0.3) is 15.9 Å². The number of amides is 1. The van der Waals surface area contributed by atoms with Crippen LogP contribution in [-0.2, 0) is 21.4 Å². The van der Waals surface area contributed by atoms with E-state index in [1.807, 2.05) is 12.1 Å². The highest BCUT2D eigenvalue weighted by Gasteiger charge is 2.29. The normalized spacial score (nSPS) is 12.5. The summed E-state index contributed by atoms with van der Waals surface area (Å²) in [7, 11) is -2.81. The van der Waals surface area contributed by atoms with Crippen molar-refractivity contribution in [2.75, 3.05) is 31.2 Å². The van der Waals surface area contributed by atoms with Gasteiger partial charge < -0.3 is 18.9 Å². The molecule has 0 aliphatic carbocycles. The lowest BCUT2D eigenvalue weighted by Crippen LogP contribution is -2.39. The molecule has 234 valence electrons. The number of sulfonamides is 1. The number of fused-ring (bicyclic) bond motifs is 1. The molecule has 0 saturated carbocycles. The molecule has 1 aliphatic heterocycles. The number of benzene rings is 4. The Morgan fingerprint density at radius 3 is 2.47 bits per heavy atom. The second-order valence-electron chi connectivity index (χ2n) is 9.54. The maximum Gasteiger partial charge on any atom is 0.264 e. The molecule has 0 aromatic heterocycles. The van der Waals surface area contributed by atoms with Crippen LogP contribution in [0.25, 0.3) is 0 Å². The molecule has 45 heavy (non-hydrogen) atoms. The van der Waals surface area contributed by atoms with Gasteiger partial charge in [-0.05, 0) is 87.7 Å². The average Bonchev–Trinajstić information content (AvgIpc) is 3.04. The molecule has 1 N–H and O–H groups in total. The highest BCUT2D eigenvalue weighted by atomic mass is 79.9. The van der Waals surface area contributed by atoms with Gasteiger partial charge in [-0.1, -0.05) is 23.7 Å². The maximum absolute atomic E-state index is 13.7. The Kier molecular flexibility index (Phi) is 10.1. The van der Waals surface area contributed by atoms with E-state index in [1.54, 1.807) is 24.3 Å². The number of methoxy groups -OCH3 is 1. The Morgan fingerprint density at radius 2 is 1.76 bits per heavy atom. The third-order valence-electron chi connectivity index (χ3n) is 6.45. The molecular formula is C31H26BrClFN3O7S. The summed E-state index contributed by atoms with van der Waals surface area (Å²) in [5.41, 5.74) is 3.89. The molecule has 0 atom stereocenters. The van der Waals surface area contributed by atoms with Crippen LogP contribution in [-0.4, -0.2) is 47.4 Å². The van der Waals surface area contributed by atoms with E-state index >= 15 is 0 Å². The number of nitrogens with one attached hydrogen (secondary N) is 1. The van der Waals surface area contributed by atoms with Crippen LogP contribution in [0.4, 0.5) is 10.1 Å². The van der Waals surface area contributed by atoms with Gasteiger partial charge in [-0.2, -0.15) is 5.10 Å². The molecule has 0 bridgehead atoms. The van der Waals surface area contributed by atoms with E-state index in [0.29, 0.717) is 38.9 Å². The van der Waals surface area contributed by atoms with E-state index in [1.165, 1.54) is 43.7 Å². The number of hydrogen-bond acceptors (Lipinski definition) is 8. The lowest BCUT2D eigenvalue weighted by molar-refractivity contribution is -0.119. The standard InChI is InChI=1S/C31H26BrClFN3O7S/c1-41-29-15-21(14-26(32)31(29)44-19-20-2-4-22(33)5-3-20)17-35-36-30(38)18-37(24-8-6-23(34)7-9-24)45(39,40)25-10-11-27-28(16-25)43-13-12-42-27/h2-11,14-17H,12-13,18-19H2,1H3,(H,36,38)/b35-17-. The van der Waals surface area contributed by atoms with Gasteiger partial charge in [0.05, 0.1) is 28.4 Å². The van der Waals surface area contributed by atoms with Crippen LogP contribution >= 0.6 is 27.5 Å². The monoisotopic (exact) mass is 717 g/mol. The van der Waals surface area contributed by atoms with Gasteiger partial charge in [0, 0.05) is 11.1 Å². The third-order valence-corrected chi connectivity index (χ3v) is 9.07. The topological polar surface area (TPSA) is 116 Å². The van der Waals surface area contributed by atoms with E-state index in [2.05, 4.69) is 26.5 Å². The van der Waals surface area contributed by atoms with Crippen molar-refractivity contribution in [1.29, 1.82) is 0 Å². The van der Waals surface area contributed by atoms with Crippen molar-refractivity contribution < 1.29 is 36.6 Å². The van der Waals surface area contributed by atoms with Gasteiger partial charge in [-0.3, -0.25) is 9.10 Å². The summed E-state index contributed by atoms with van der Waals surface area (Å²) < 4.78 is 65.0. The Labute approximate surface area is 272 Å². The molecule has 0 spiro atoms. The second kappa shape index (κ2) is 14.2. The van der Waals surface area contributed by atoms with Gasteiger partial charge in [-0.25, -0.2) is 18.2 Å². The molecule has 14 heteroatoms. The zero-order chi connectivity index (χ0) is 32.0. The number of ether oxygens (including phenoxy) is 4. The second-order valence-corrected chi connectivity index (χ2v) is 12.7. The predicted octanol–water partition coefficient (Wildman–Crippen LogP) is 5.95. The molecule has 4 aromatic carbocycles. The van der Waals surface area contributed by atoms with Crippen LogP contribution in [0.15, 0.2) is 93.3 Å². The van der Waals surface area contributed by atoms with E-state index in [4.69, 9.17) is 30.5 Å². The van der Waals surface area contributed by atoms with Crippen LogP contribution in [0, 0.1) is 5.82 Å². The quantitative estimate of drug-likeness (QED) is 0.151. The van der Waals surface area contributed by atoms with Gasteiger partial charge in [0.2, 0.25) is 0 Å². The Bertz CT molecular complexity index is 1820. The largest absolute Gasteiger partial charge is 0.493 e. The summed E-state index contributed by atoms with van der Waals surface area (Å²) in [5.74, 6) is 0.244. The summed E-state index contributed by atoms with van der Waals surface area (Å²) >= 11 is 9.43. The summed E-state index contributed by atoms with van der Waals surface area (Å²) in [6.45, 7) is 0.229. The number of halogens is 3. The van der Waals surface area contributed by atoms with Crippen molar-refractivity contribution in [2.45, 2.75) is 11.5 Å². The zero-order valence-corrected chi connectivity index (χ0v) is 26.9. The van der Waals surface area contributed by atoms with E-state index in [0.717, 1.165) is 22.0 Å². The van der Waals surface area contributed by atoms with Crippen molar-refractivity contribution in [2.24, 2.45) is 5.10 Å². The van der Waals surface area contributed by atoms with Crippen molar-refractivity contribution in [1.82, 2.24) is 5.43 Å². The van der Waals surface area contributed by atoms with Gasteiger partial charge in [0.1, 0.15) is 32.2 Å². The maximum atomic E-state index is 13.7. The predicted molar refractivity (Wildman–Crippen MR) is 171 cm³/mol. The number of anilines is 1. The highest BCUT2D eigenvalue weighted by molar-refractivity contribution is 9.10. The SMILES string of the molecule is COc1cc(/C=N\NC(=O)CN(c2ccc(F)cc2)S(=O)(=O)c2ccc3c(c2)OCCO3)cc(Br)c1OCc1ccc(Cl)cc1. The summed E-state index contributed by atoms with van der Waals surface area (Å²) in [5, 5.41) is 4.61. The van der Waals surface area contributed by atoms with Crippen LogP contribution in [0.1, 0.15) is 11.1 Å². The first kappa shape index (κ1) is 32.1. The van der Waals surface area contributed by atoms with Crippen LogP contribution in [0.5, 0.6) is 23.0 Å². The highest BCUT2D eigenvalue weighted by Crippen LogP contribution is 2.37. The van der Waals surface area contributed by atoms with Crippen molar-refractivity contribution in [3.8, 4) is 23.0 Å². The molecule has 0 radical (unpaired) electrons. The van der Waals surface area contributed by atoms with Crippen LogP contribution in [0.3, 0.4) is 0 Å². The molecular weight excluding hydrogens is 693 g/mol. The molecule has 5 rings (SSSR count). The zero-order valence-electron chi connectivity index (χ0n) is 23.7. The third kappa shape index (κ3) is 7.85. The molecule has 0 unspecified atom stereocenters. The number of hydrazone groups is 1. The fourth-order valence-electron chi connectivity index (χ4n) is 4.27. The first-order valence-corrected chi connectivity index (χ1v) is 16.0. The van der Waals surface area contributed by atoms with E-state index in [-0.39, 0.29) is 29.5 Å². The lowest BCUT2D eigenvalue weighted by atomic mass is 10.2. The first-order chi connectivity index (χ1) is 21.6. The average molecular weight is 719 g/mol. The molecule has 10 nitrogen and oxygen atoms in total. The van der Waals surface area contributed by atoms with E-state index < -0.39 is 28.3 Å². The Balaban J connectivity index is 1.31. The van der Waals surface area contributed by atoms with Gasteiger partial charge in [-0.15, -0.1) is 0 Å². The molecule has 0 fully saturated rings. The molecule has 4 aromatic rings. The molecule has 1 amide bonds. The van der Waals surface area contributed by atoms with Gasteiger partial charge >= 0.3 is 0 Å². The lowest BCUT2D eigenvalue weighted by Gasteiger charge is -2.25.